The van der Waals surface area contributed by atoms with E-state index in [1.807, 2.05) is 6.92 Å². The van der Waals surface area contributed by atoms with Crippen molar-refractivity contribution < 1.29 is 9.90 Å². The van der Waals surface area contributed by atoms with Crippen molar-refractivity contribution in [1.82, 2.24) is 9.97 Å². The summed E-state index contributed by atoms with van der Waals surface area (Å²) < 4.78 is 0. The molecule has 0 saturated heterocycles. The van der Waals surface area contributed by atoms with E-state index in [2.05, 4.69) is 9.97 Å². The van der Waals surface area contributed by atoms with Crippen LogP contribution in [0.3, 0.4) is 0 Å². The van der Waals surface area contributed by atoms with Crippen LogP contribution in [0.1, 0.15) is 15.2 Å². The fourth-order valence-corrected chi connectivity index (χ4v) is 1.87. The van der Waals surface area contributed by atoms with Gasteiger partial charge in [-0.05, 0) is 13.0 Å². The summed E-state index contributed by atoms with van der Waals surface area (Å²) in [6, 6.07) is 1.54. The SMILES string of the molecule is Cc1scnc1-c1[nH]ccc1C(=O)O. The van der Waals surface area contributed by atoms with Crippen molar-refractivity contribution in [2.24, 2.45) is 0 Å². The molecule has 14 heavy (non-hydrogen) atoms. The van der Waals surface area contributed by atoms with Crippen LogP contribution in [0, 0.1) is 6.92 Å². The minimum Gasteiger partial charge on any atom is -0.478 e. The van der Waals surface area contributed by atoms with Gasteiger partial charge in [-0.25, -0.2) is 9.78 Å². The van der Waals surface area contributed by atoms with E-state index in [0.29, 0.717) is 5.69 Å². The first kappa shape index (κ1) is 8.96. The van der Waals surface area contributed by atoms with Crippen molar-refractivity contribution in [3.63, 3.8) is 0 Å². The zero-order valence-corrected chi connectivity index (χ0v) is 8.26. The molecule has 2 aromatic heterocycles. The Balaban J connectivity index is 2.57. The van der Waals surface area contributed by atoms with Gasteiger partial charge in [0, 0.05) is 11.1 Å². The highest BCUT2D eigenvalue weighted by molar-refractivity contribution is 7.10. The van der Waals surface area contributed by atoms with Gasteiger partial charge < -0.3 is 10.1 Å². The maximum atomic E-state index is 10.8. The number of nitrogens with zero attached hydrogens (tertiary/aromatic N) is 1. The third-order valence-corrected chi connectivity index (χ3v) is 2.72. The van der Waals surface area contributed by atoms with E-state index in [4.69, 9.17) is 5.11 Å². The number of aromatic amines is 1. The van der Waals surface area contributed by atoms with Crippen molar-refractivity contribution in [3.8, 4) is 11.4 Å². The number of hydrogen-bond donors (Lipinski definition) is 2. The van der Waals surface area contributed by atoms with Crippen LogP contribution in [0.4, 0.5) is 0 Å². The minimum absolute atomic E-state index is 0.263. The molecular weight excluding hydrogens is 200 g/mol. The molecule has 4 nitrogen and oxygen atoms in total. The Bertz CT molecular complexity index is 473. The number of aromatic carboxylic acids is 1. The molecule has 0 aromatic carbocycles. The van der Waals surface area contributed by atoms with Crippen LogP contribution in [-0.2, 0) is 0 Å². The number of thiazole rings is 1. The van der Waals surface area contributed by atoms with Crippen LogP contribution in [0.15, 0.2) is 17.8 Å². The first-order valence-corrected chi connectivity index (χ1v) is 4.89. The second kappa shape index (κ2) is 3.26. The summed E-state index contributed by atoms with van der Waals surface area (Å²) in [7, 11) is 0. The zero-order chi connectivity index (χ0) is 10.1. The summed E-state index contributed by atoms with van der Waals surface area (Å²) >= 11 is 1.50. The molecule has 2 rings (SSSR count). The van der Waals surface area contributed by atoms with Crippen molar-refractivity contribution in [3.05, 3.63) is 28.2 Å². The summed E-state index contributed by atoms with van der Waals surface area (Å²) in [5.74, 6) is -0.936. The van der Waals surface area contributed by atoms with Crippen LogP contribution < -0.4 is 0 Å². The molecule has 0 aliphatic carbocycles. The second-order valence-corrected chi connectivity index (χ2v) is 3.89. The van der Waals surface area contributed by atoms with Gasteiger partial charge in [0.2, 0.25) is 0 Å². The maximum Gasteiger partial charge on any atom is 0.337 e. The van der Waals surface area contributed by atoms with Gasteiger partial charge in [-0.3, -0.25) is 0 Å². The molecule has 0 amide bonds. The molecule has 5 heteroatoms. The van der Waals surface area contributed by atoms with Gasteiger partial charge in [0.05, 0.1) is 16.8 Å². The van der Waals surface area contributed by atoms with Crippen LogP contribution in [0.25, 0.3) is 11.4 Å². The summed E-state index contributed by atoms with van der Waals surface area (Å²) in [5, 5.41) is 8.90. The Morgan fingerprint density at radius 2 is 2.43 bits per heavy atom. The minimum atomic E-state index is -0.936. The van der Waals surface area contributed by atoms with E-state index in [1.54, 1.807) is 11.7 Å². The van der Waals surface area contributed by atoms with Crippen molar-refractivity contribution >= 4 is 17.3 Å². The van der Waals surface area contributed by atoms with E-state index < -0.39 is 5.97 Å². The Morgan fingerprint density at radius 3 is 3.00 bits per heavy atom. The predicted molar refractivity (Wildman–Crippen MR) is 53.6 cm³/mol. The molecular formula is C9H8N2O2S. The highest BCUT2D eigenvalue weighted by Crippen LogP contribution is 2.26. The number of aryl methyl sites for hydroxylation is 1. The molecule has 0 atom stereocenters. The third-order valence-electron chi connectivity index (χ3n) is 1.96. The van der Waals surface area contributed by atoms with Gasteiger partial charge in [0.1, 0.15) is 5.69 Å². The Morgan fingerprint density at radius 1 is 1.64 bits per heavy atom. The Kier molecular flexibility index (Phi) is 2.09. The summed E-state index contributed by atoms with van der Waals surface area (Å²) in [5.41, 5.74) is 3.27. The average Bonchev–Trinajstić information content (AvgIpc) is 2.70. The van der Waals surface area contributed by atoms with E-state index in [0.717, 1.165) is 10.6 Å². The molecule has 0 aliphatic heterocycles. The molecule has 0 spiro atoms. The molecule has 0 radical (unpaired) electrons. The quantitative estimate of drug-likeness (QED) is 0.794. The zero-order valence-electron chi connectivity index (χ0n) is 7.44. The lowest BCUT2D eigenvalue weighted by Gasteiger charge is -1.97. The predicted octanol–water partition coefficient (Wildman–Crippen LogP) is 2.14. The largest absolute Gasteiger partial charge is 0.478 e. The first-order valence-electron chi connectivity index (χ1n) is 4.01. The molecule has 2 N–H and O–H groups in total. The second-order valence-electron chi connectivity index (χ2n) is 2.83. The number of carboxylic acids is 1. The molecule has 0 aliphatic rings. The highest BCUT2D eigenvalue weighted by Gasteiger charge is 2.15. The lowest BCUT2D eigenvalue weighted by atomic mass is 10.2. The average molecular weight is 208 g/mol. The number of aromatic nitrogens is 2. The normalized spacial score (nSPS) is 10.4. The van der Waals surface area contributed by atoms with Gasteiger partial charge in [-0.15, -0.1) is 11.3 Å². The molecule has 0 unspecified atom stereocenters. The van der Waals surface area contributed by atoms with Gasteiger partial charge in [0.25, 0.3) is 0 Å². The number of hydrogen-bond acceptors (Lipinski definition) is 3. The van der Waals surface area contributed by atoms with Crippen LogP contribution >= 0.6 is 11.3 Å². The molecule has 2 aromatic rings. The van der Waals surface area contributed by atoms with Gasteiger partial charge in [-0.1, -0.05) is 0 Å². The third kappa shape index (κ3) is 1.31. The lowest BCUT2D eigenvalue weighted by molar-refractivity contribution is 0.0698. The molecule has 2 heterocycles. The lowest BCUT2D eigenvalue weighted by Crippen LogP contribution is -1.97. The smallest absolute Gasteiger partial charge is 0.337 e. The standard InChI is InChI=1S/C9H8N2O2S/c1-5-7(11-4-14-5)8-6(9(12)13)2-3-10-8/h2-4,10H,1H3,(H,12,13). The van der Waals surface area contributed by atoms with Gasteiger partial charge >= 0.3 is 5.97 Å². The fraction of sp³-hybridized carbons (Fsp3) is 0.111. The fourth-order valence-electron chi connectivity index (χ4n) is 1.29. The molecule has 0 saturated carbocycles. The van der Waals surface area contributed by atoms with Crippen LogP contribution in [-0.4, -0.2) is 21.0 Å². The Labute approximate surface area is 84.2 Å². The summed E-state index contributed by atoms with van der Waals surface area (Å²) in [4.78, 5) is 18.9. The van der Waals surface area contributed by atoms with Crippen LogP contribution in [0.2, 0.25) is 0 Å². The van der Waals surface area contributed by atoms with Crippen molar-refractivity contribution in [2.75, 3.05) is 0 Å². The maximum absolute atomic E-state index is 10.8. The summed E-state index contributed by atoms with van der Waals surface area (Å²) in [6.45, 7) is 1.92. The molecule has 72 valence electrons. The van der Waals surface area contributed by atoms with Gasteiger partial charge in [-0.2, -0.15) is 0 Å². The van der Waals surface area contributed by atoms with E-state index >= 15 is 0 Å². The number of rotatable bonds is 2. The van der Waals surface area contributed by atoms with E-state index in [1.165, 1.54) is 17.4 Å². The number of carboxylic acid groups (broad SMARTS) is 1. The molecule has 0 bridgehead atoms. The van der Waals surface area contributed by atoms with Crippen LogP contribution in [0.5, 0.6) is 0 Å². The topological polar surface area (TPSA) is 66.0 Å². The monoisotopic (exact) mass is 208 g/mol. The first-order chi connectivity index (χ1) is 6.70. The highest BCUT2D eigenvalue weighted by atomic mass is 32.1. The van der Waals surface area contributed by atoms with Crippen molar-refractivity contribution in [1.29, 1.82) is 0 Å². The van der Waals surface area contributed by atoms with E-state index in [9.17, 15) is 4.79 Å². The Hall–Kier alpha value is -1.62. The number of H-pyrrole nitrogens is 1. The number of carbonyl (C=O) groups is 1. The number of nitrogens with one attached hydrogen (secondary N) is 1. The van der Waals surface area contributed by atoms with Gasteiger partial charge in [0.15, 0.2) is 0 Å². The summed E-state index contributed by atoms with van der Waals surface area (Å²) in [6.07, 6.45) is 1.61. The van der Waals surface area contributed by atoms with E-state index in [-0.39, 0.29) is 5.56 Å². The molecule has 0 fully saturated rings. The van der Waals surface area contributed by atoms with Crippen molar-refractivity contribution in [2.45, 2.75) is 6.92 Å².